The summed E-state index contributed by atoms with van der Waals surface area (Å²) in [6, 6.07) is 5.39. The number of aliphatic hydroxyl groups is 1. The van der Waals surface area contributed by atoms with Crippen molar-refractivity contribution in [3.8, 4) is 17.6 Å². The molecule has 1 aliphatic carbocycles. The average molecular weight is 437 g/mol. The molecular weight excluding hydrogens is 428 g/mol. The Bertz CT molecular complexity index is 1140. The zero-order chi connectivity index (χ0) is 21.8. The van der Waals surface area contributed by atoms with Crippen molar-refractivity contribution >= 4 is 9.84 Å². The maximum Gasteiger partial charge on any atom is 0.501 e. The lowest BCUT2D eigenvalue weighted by Crippen LogP contribution is -2.26. The van der Waals surface area contributed by atoms with Gasteiger partial charge in [0.1, 0.15) is 23.4 Å². The van der Waals surface area contributed by atoms with E-state index >= 15 is 0 Å². The minimum atomic E-state index is -6.04. The van der Waals surface area contributed by atoms with Crippen LogP contribution in [0.2, 0.25) is 0 Å². The first-order valence-electron chi connectivity index (χ1n) is 7.69. The summed E-state index contributed by atoms with van der Waals surface area (Å²) < 4.78 is 109. The molecule has 3 rings (SSSR count). The molecule has 1 aliphatic rings. The average Bonchev–Trinajstić information content (AvgIpc) is 2.84. The maximum atomic E-state index is 14.0. The van der Waals surface area contributed by atoms with Crippen LogP contribution >= 0.6 is 0 Å². The lowest BCUT2D eigenvalue weighted by molar-refractivity contribution is -0.0978. The van der Waals surface area contributed by atoms with Gasteiger partial charge in [0.25, 0.3) is 15.8 Å². The third-order valence-corrected chi connectivity index (χ3v) is 5.73. The van der Waals surface area contributed by atoms with E-state index in [0.717, 1.165) is 18.2 Å². The van der Waals surface area contributed by atoms with Gasteiger partial charge in [0, 0.05) is 23.6 Å². The normalized spacial score (nSPS) is 18.2. The highest BCUT2D eigenvalue weighted by molar-refractivity contribution is 7.92. The number of nitrogens with zero attached hydrogens (tertiary/aromatic N) is 1. The number of rotatable bonds is 3. The van der Waals surface area contributed by atoms with Gasteiger partial charge in [-0.05, 0) is 24.3 Å². The van der Waals surface area contributed by atoms with Crippen molar-refractivity contribution in [2.45, 2.75) is 28.9 Å². The summed E-state index contributed by atoms with van der Waals surface area (Å²) in [6.45, 7) is 0. The minimum absolute atomic E-state index is 0.182. The van der Waals surface area contributed by atoms with Crippen molar-refractivity contribution in [2.24, 2.45) is 0 Å². The Kier molecular flexibility index (Phi) is 4.79. The van der Waals surface area contributed by atoms with Gasteiger partial charge < -0.3 is 9.84 Å². The molecule has 0 saturated heterocycles. The van der Waals surface area contributed by atoms with Crippen LogP contribution in [0.25, 0.3) is 0 Å². The lowest BCUT2D eigenvalue weighted by Gasteiger charge is -2.17. The zero-order valence-electron chi connectivity index (χ0n) is 14.0. The van der Waals surface area contributed by atoms with E-state index in [1.165, 1.54) is 0 Å². The Morgan fingerprint density at radius 3 is 2.45 bits per heavy atom. The third-order valence-electron chi connectivity index (χ3n) is 4.18. The van der Waals surface area contributed by atoms with Crippen molar-refractivity contribution in [3.05, 3.63) is 52.8 Å². The van der Waals surface area contributed by atoms with E-state index in [0.29, 0.717) is 12.1 Å². The Morgan fingerprint density at radius 2 is 1.86 bits per heavy atom. The highest BCUT2D eigenvalue weighted by Crippen LogP contribution is 2.51. The molecule has 0 spiro atoms. The van der Waals surface area contributed by atoms with Crippen LogP contribution in [0.15, 0.2) is 35.2 Å². The first-order chi connectivity index (χ1) is 13.3. The van der Waals surface area contributed by atoms with Crippen molar-refractivity contribution in [1.29, 1.82) is 5.26 Å². The number of aliphatic hydroxyl groups excluding tert-OH is 1. The third kappa shape index (κ3) is 3.51. The smallest absolute Gasteiger partial charge is 0.457 e. The van der Waals surface area contributed by atoms with Gasteiger partial charge in [-0.2, -0.15) is 18.4 Å². The molecule has 1 N–H and O–H groups in total. The van der Waals surface area contributed by atoms with Gasteiger partial charge in [-0.1, -0.05) is 0 Å². The van der Waals surface area contributed by atoms with Crippen molar-refractivity contribution in [2.75, 3.05) is 0 Å². The van der Waals surface area contributed by atoms with Crippen LogP contribution in [-0.2, 0) is 16.3 Å². The largest absolute Gasteiger partial charge is 0.501 e. The predicted octanol–water partition coefficient (Wildman–Crippen LogP) is 4.01. The summed E-state index contributed by atoms with van der Waals surface area (Å²) >= 11 is 0. The fourth-order valence-corrected chi connectivity index (χ4v) is 3.94. The number of sulfone groups is 1. The highest BCUT2D eigenvalue weighted by Gasteiger charge is 2.55. The molecule has 0 aliphatic heterocycles. The van der Waals surface area contributed by atoms with Gasteiger partial charge in [0.15, 0.2) is 0 Å². The first-order valence-corrected chi connectivity index (χ1v) is 9.18. The molecule has 29 heavy (non-hydrogen) atoms. The van der Waals surface area contributed by atoms with E-state index in [4.69, 9.17) is 10.00 Å². The summed E-state index contributed by atoms with van der Waals surface area (Å²) in [5.74, 6) is -5.71. The molecule has 5 nitrogen and oxygen atoms in total. The molecule has 0 unspecified atom stereocenters. The number of benzene rings is 2. The van der Waals surface area contributed by atoms with E-state index in [1.54, 1.807) is 6.07 Å². The monoisotopic (exact) mass is 437 g/mol. The molecule has 0 bridgehead atoms. The minimum Gasteiger partial charge on any atom is -0.457 e. The van der Waals surface area contributed by atoms with Crippen LogP contribution in [-0.4, -0.2) is 25.0 Å². The molecule has 1 atom stereocenters. The molecule has 2 aromatic rings. The number of alkyl halides is 5. The topological polar surface area (TPSA) is 87.4 Å². The molecular formula is C17H9F6NO4S. The molecule has 0 heterocycles. The molecule has 0 saturated carbocycles. The van der Waals surface area contributed by atoms with Crippen LogP contribution in [0, 0.1) is 17.1 Å². The molecule has 0 radical (unpaired) electrons. The molecule has 0 fully saturated rings. The molecule has 0 aromatic heterocycles. The van der Waals surface area contributed by atoms with E-state index in [1.807, 2.05) is 0 Å². The molecule has 12 heteroatoms. The molecule has 2 aromatic carbocycles. The SMILES string of the molecule is N#Cc1cc(F)cc(Oc2ccc(S(=O)(=O)C(F)(F)F)c3c2CC(F)(F)[C@H]3O)c1. The number of ether oxygens (including phenoxy) is 1. The quantitative estimate of drug-likeness (QED) is 0.734. The van der Waals surface area contributed by atoms with E-state index in [-0.39, 0.29) is 11.3 Å². The number of hydrogen-bond donors (Lipinski definition) is 1. The van der Waals surface area contributed by atoms with E-state index < -0.39 is 61.4 Å². The molecule has 0 amide bonds. The van der Waals surface area contributed by atoms with E-state index in [9.17, 15) is 39.9 Å². The molecule has 154 valence electrons. The number of nitriles is 1. The standard InChI is InChI=1S/C17H9F6NO4S/c18-9-3-8(7-24)4-10(5-9)28-12-1-2-13(29(26,27)17(21,22)23)14-11(12)6-16(19,20)15(14)25/h1-5,15,25H,6H2/t15-/m0/s1. The number of halogens is 6. The van der Waals surface area contributed by atoms with Gasteiger partial charge in [-0.15, -0.1) is 0 Å². The van der Waals surface area contributed by atoms with Gasteiger partial charge in [0.05, 0.1) is 16.5 Å². The van der Waals surface area contributed by atoms with Gasteiger partial charge in [-0.25, -0.2) is 21.6 Å². The summed E-state index contributed by atoms with van der Waals surface area (Å²) in [5, 5.41) is 18.6. The van der Waals surface area contributed by atoms with Crippen LogP contribution in [0.5, 0.6) is 11.5 Å². The number of hydrogen-bond acceptors (Lipinski definition) is 5. The lowest BCUT2D eigenvalue weighted by atomic mass is 10.1. The Balaban J connectivity index is 2.19. The summed E-state index contributed by atoms with van der Waals surface area (Å²) in [6.07, 6.45) is -4.13. The second kappa shape index (κ2) is 6.64. The van der Waals surface area contributed by atoms with E-state index in [2.05, 4.69) is 0 Å². The number of fused-ring (bicyclic) bond motifs is 1. The van der Waals surface area contributed by atoms with Gasteiger partial charge >= 0.3 is 5.51 Å². The van der Waals surface area contributed by atoms with Gasteiger partial charge in [0.2, 0.25) is 0 Å². The zero-order valence-corrected chi connectivity index (χ0v) is 14.8. The van der Waals surface area contributed by atoms with Crippen molar-refractivity contribution in [1.82, 2.24) is 0 Å². The summed E-state index contributed by atoms with van der Waals surface area (Å²) in [5.41, 5.74) is -7.78. The van der Waals surface area contributed by atoms with Crippen LogP contribution in [0.1, 0.15) is 22.8 Å². The highest BCUT2D eigenvalue weighted by atomic mass is 32.2. The first kappa shape index (κ1) is 20.9. The Morgan fingerprint density at radius 1 is 1.21 bits per heavy atom. The maximum absolute atomic E-state index is 14.0. The second-order valence-electron chi connectivity index (χ2n) is 6.13. The fraction of sp³-hybridized carbons (Fsp3) is 0.235. The summed E-state index contributed by atoms with van der Waals surface area (Å²) in [4.78, 5) is -1.52. The van der Waals surface area contributed by atoms with Crippen molar-refractivity contribution in [3.63, 3.8) is 0 Å². The van der Waals surface area contributed by atoms with Crippen LogP contribution in [0.4, 0.5) is 26.3 Å². The Labute approximate surface area is 159 Å². The second-order valence-corrected chi connectivity index (χ2v) is 8.04. The summed E-state index contributed by atoms with van der Waals surface area (Å²) in [7, 11) is -6.04. The van der Waals surface area contributed by atoms with Gasteiger partial charge in [-0.3, -0.25) is 0 Å². The van der Waals surface area contributed by atoms with Crippen molar-refractivity contribution < 1.29 is 44.6 Å². The Hall–Kier alpha value is -2.78. The predicted molar refractivity (Wildman–Crippen MR) is 84.5 cm³/mol. The van der Waals surface area contributed by atoms with Crippen LogP contribution < -0.4 is 4.74 Å². The van der Waals surface area contributed by atoms with Crippen LogP contribution in [0.3, 0.4) is 0 Å². The fourth-order valence-electron chi connectivity index (χ4n) is 2.92.